The summed E-state index contributed by atoms with van der Waals surface area (Å²) >= 11 is 0. The molecule has 0 saturated carbocycles. The highest BCUT2D eigenvalue weighted by Crippen LogP contribution is 2.33. The zero-order valence-corrected chi connectivity index (χ0v) is 17.3. The van der Waals surface area contributed by atoms with Gasteiger partial charge in [-0.3, -0.25) is 4.79 Å². The Morgan fingerprint density at radius 1 is 1.06 bits per heavy atom. The third-order valence-electron chi connectivity index (χ3n) is 5.24. The van der Waals surface area contributed by atoms with Crippen LogP contribution in [0.4, 0.5) is 23.4 Å². The van der Waals surface area contributed by atoms with Gasteiger partial charge in [0.2, 0.25) is 0 Å². The van der Waals surface area contributed by atoms with Crippen molar-refractivity contribution in [1.82, 2.24) is 14.6 Å². The maximum absolute atomic E-state index is 13.9. The molecule has 0 amide bonds. The van der Waals surface area contributed by atoms with Gasteiger partial charge in [-0.15, -0.1) is 0 Å². The fourth-order valence-corrected chi connectivity index (χ4v) is 3.67. The molecule has 3 N–H and O–H groups in total. The summed E-state index contributed by atoms with van der Waals surface area (Å²) in [6, 6.07) is 8.27. The van der Waals surface area contributed by atoms with Crippen LogP contribution in [0.25, 0.3) is 16.6 Å². The number of aromatic carboxylic acids is 1. The Hall–Kier alpha value is -4.28. The zero-order chi connectivity index (χ0) is 24.6. The number of nitrogens with two attached hydrogens (primary N) is 1. The first-order chi connectivity index (χ1) is 16.0. The second-order valence-electron chi connectivity index (χ2n) is 7.55. The van der Waals surface area contributed by atoms with E-state index in [0.29, 0.717) is 40.4 Å². The second kappa shape index (κ2) is 8.58. The van der Waals surface area contributed by atoms with E-state index in [1.165, 1.54) is 17.0 Å². The third-order valence-corrected chi connectivity index (χ3v) is 5.24. The van der Waals surface area contributed by atoms with Gasteiger partial charge in [-0.2, -0.15) is 18.3 Å². The molecule has 0 radical (unpaired) electrons. The third kappa shape index (κ3) is 4.45. The normalized spacial score (nSPS) is 11.6. The summed E-state index contributed by atoms with van der Waals surface area (Å²) in [6.07, 6.45) is -2.79. The Balaban J connectivity index is 1.58. The predicted octanol–water partition coefficient (Wildman–Crippen LogP) is 4.19. The molecule has 0 unspecified atom stereocenters. The number of hydrogen-bond donors (Lipinski definition) is 2. The molecule has 2 aromatic heterocycles. The maximum Gasteiger partial charge on any atom is 0.416 e. The van der Waals surface area contributed by atoms with Crippen LogP contribution >= 0.6 is 0 Å². The molecule has 34 heavy (non-hydrogen) atoms. The number of carbonyl (C=O) groups is 2. The Morgan fingerprint density at radius 2 is 1.76 bits per heavy atom. The van der Waals surface area contributed by atoms with E-state index in [2.05, 4.69) is 10.1 Å². The molecule has 0 aliphatic carbocycles. The van der Waals surface area contributed by atoms with E-state index in [1.807, 2.05) is 0 Å². The van der Waals surface area contributed by atoms with Crippen molar-refractivity contribution in [2.45, 2.75) is 19.0 Å². The molecule has 0 fully saturated rings. The molecule has 174 valence electrons. The van der Waals surface area contributed by atoms with Crippen molar-refractivity contribution in [3.05, 3.63) is 83.1 Å². The summed E-state index contributed by atoms with van der Waals surface area (Å²) in [5.41, 5.74) is 6.12. The van der Waals surface area contributed by atoms with Crippen LogP contribution in [0.2, 0.25) is 0 Å². The van der Waals surface area contributed by atoms with E-state index in [9.17, 15) is 32.3 Å². The van der Waals surface area contributed by atoms with E-state index in [4.69, 9.17) is 5.73 Å². The molecular formula is C23H16F4N4O3. The van der Waals surface area contributed by atoms with Gasteiger partial charge in [0.25, 0.3) is 0 Å². The number of benzene rings is 2. The average molecular weight is 472 g/mol. The molecule has 0 saturated heterocycles. The van der Waals surface area contributed by atoms with Crippen LogP contribution in [0.15, 0.2) is 55.0 Å². The topological polar surface area (TPSA) is 111 Å². The van der Waals surface area contributed by atoms with Gasteiger partial charge in [0, 0.05) is 24.6 Å². The molecule has 4 aromatic rings. The number of nitrogen functional groups attached to an aromatic ring is 1. The van der Waals surface area contributed by atoms with E-state index >= 15 is 0 Å². The van der Waals surface area contributed by atoms with Gasteiger partial charge in [-0.05, 0) is 34.9 Å². The van der Waals surface area contributed by atoms with Crippen LogP contribution < -0.4 is 5.73 Å². The molecule has 2 aromatic carbocycles. The summed E-state index contributed by atoms with van der Waals surface area (Å²) in [5, 5.41) is 13.5. The van der Waals surface area contributed by atoms with Crippen LogP contribution in [0.5, 0.6) is 0 Å². The first-order valence-corrected chi connectivity index (χ1v) is 9.86. The molecule has 11 heteroatoms. The second-order valence-corrected chi connectivity index (χ2v) is 7.55. The van der Waals surface area contributed by atoms with Gasteiger partial charge in [-0.25, -0.2) is 18.7 Å². The largest absolute Gasteiger partial charge is 0.478 e. The molecule has 0 aliphatic heterocycles. The Morgan fingerprint density at radius 3 is 2.41 bits per heavy atom. The number of Topliss-reactive ketones (excluding diaryl/α,β-unsaturated/α-hetero) is 1. The fraction of sp³-hybridized carbons (Fsp3) is 0.130. The summed E-state index contributed by atoms with van der Waals surface area (Å²) in [7, 11) is 0. The number of carboxylic acids is 1. The molecule has 7 nitrogen and oxygen atoms in total. The summed E-state index contributed by atoms with van der Waals surface area (Å²) in [4.78, 5) is 28.0. The van der Waals surface area contributed by atoms with Crippen molar-refractivity contribution >= 4 is 23.1 Å². The highest BCUT2D eigenvalue weighted by Gasteiger charge is 2.31. The van der Waals surface area contributed by atoms with Crippen LogP contribution in [0, 0.1) is 5.82 Å². The quantitative estimate of drug-likeness (QED) is 0.407. The maximum atomic E-state index is 13.9. The van der Waals surface area contributed by atoms with E-state index in [1.54, 1.807) is 24.3 Å². The van der Waals surface area contributed by atoms with E-state index < -0.39 is 35.7 Å². The Bertz CT molecular complexity index is 1410. The number of anilines is 1. The Labute approximate surface area is 189 Å². The van der Waals surface area contributed by atoms with Crippen LogP contribution in [-0.2, 0) is 23.8 Å². The van der Waals surface area contributed by atoms with E-state index in [0.717, 1.165) is 0 Å². The van der Waals surface area contributed by atoms with Crippen molar-refractivity contribution < 1.29 is 32.3 Å². The number of rotatable bonds is 6. The van der Waals surface area contributed by atoms with Crippen molar-refractivity contribution in [2.24, 2.45) is 0 Å². The van der Waals surface area contributed by atoms with Gasteiger partial charge in [0.15, 0.2) is 5.82 Å². The van der Waals surface area contributed by atoms with Crippen molar-refractivity contribution in [3.8, 4) is 11.1 Å². The number of carbonyl (C=O) groups excluding carboxylic acids is 1. The first kappa shape index (κ1) is 22.9. The molecule has 0 atom stereocenters. The molecule has 0 bridgehead atoms. The number of fused-ring (bicyclic) bond motifs is 1. The monoisotopic (exact) mass is 472 g/mol. The molecule has 0 aliphatic rings. The SMILES string of the molecule is Nc1ncnn2cc(C(=O)O)c(-c3ccc(CC(=O)Cc4cc(C(F)(F)F)ccc4F)cc3)c12. The molecule has 4 rings (SSSR count). The highest BCUT2D eigenvalue weighted by atomic mass is 19.4. The van der Waals surface area contributed by atoms with Gasteiger partial charge in [0.1, 0.15) is 23.4 Å². The smallest absolute Gasteiger partial charge is 0.416 e. The number of ketones is 1. The van der Waals surface area contributed by atoms with E-state index in [-0.39, 0.29) is 23.4 Å². The lowest BCUT2D eigenvalue weighted by Gasteiger charge is -2.10. The number of hydrogen-bond acceptors (Lipinski definition) is 5. The lowest BCUT2D eigenvalue weighted by Crippen LogP contribution is -2.11. The number of carboxylic acid groups (broad SMARTS) is 1. The van der Waals surface area contributed by atoms with Crippen molar-refractivity contribution in [2.75, 3.05) is 5.73 Å². The summed E-state index contributed by atoms with van der Waals surface area (Å²) in [6.45, 7) is 0. The number of aromatic nitrogens is 3. The summed E-state index contributed by atoms with van der Waals surface area (Å²) < 4.78 is 53.9. The lowest BCUT2D eigenvalue weighted by molar-refractivity contribution is -0.137. The molecule has 0 spiro atoms. The number of halogens is 4. The average Bonchev–Trinajstić information content (AvgIpc) is 3.16. The van der Waals surface area contributed by atoms with Gasteiger partial charge >= 0.3 is 12.1 Å². The number of nitrogens with zero attached hydrogens (tertiary/aromatic N) is 3. The lowest BCUT2D eigenvalue weighted by atomic mass is 9.97. The minimum atomic E-state index is -4.65. The Kier molecular flexibility index (Phi) is 5.78. The van der Waals surface area contributed by atoms with Gasteiger partial charge < -0.3 is 10.8 Å². The first-order valence-electron chi connectivity index (χ1n) is 9.86. The zero-order valence-electron chi connectivity index (χ0n) is 17.3. The fourth-order valence-electron chi connectivity index (χ4n) is 3.67. The van der Waals surface area contributed by atoms with Crippen molar-refractivity contribution in [3.63, 3.8) is 0 Å². The predicted molar refractivity (Wildman–Crippen MR) is 114 cm³/mol. The molecular weight excluding hydrogens is 456 g/mol. The van der Waals surface area contributed by atoms with Crippen LogP contribution in [-0.4, -0.2) is 31.5 Å². The minimum absolute atomic E-state index is 0.0453. The van der Waals surface area contributed by atoms with Gasteiger partial charge in [0.05, 0.1) is 11.1 Å². The van der Waals surface area contributed by atoms with Crippen molar-refractivity contribution in [1.29, 1.82) is 0 Å². The van der Waals surface area contributed by atoms with Crippen LogP contribution in [0.3, 0.4) is 0 Å². The number of alkyl halides is 3. The van der Waals surface area contributed by atoms with Crippen LogP contribution in [0.1, 0.15) is 27.0 Å². The minimum Gasteiger partial charge on any atom is -0.478 e. The highest BCUT2D eigenvalue weighted by molar-refractivity contribution is 6.04. The standard InChI is InChI=1S/C23H16F4N4O3/c24-18-6-5-15(23(25,26)27)8-14(18)9-16(32)7-12-1-3-13(4-2-12)19-17(22(33)34)10-31-20(19)21(28)29-11-30-31/h1-6,8,10-11H,7,9H2,(H,33,34)(H2,28,29,30). The van der Waals surface area contributed by atoms with Gasteiger partial charge in [-0.1, -0.05) is 24.3 Å². The molecule has 2 heterocycles. The summed E-state index contributed by atoms with van der Waals surface area (Å²) in [5.74, 6) is -2.48.